The molecule has 0 atom stereocenters. The van der Waals surface area contributed by atoms with Gasteiger partial charge in [-0.3, -0.25) is 9.97 Å². The first kappa shape index (κ1) is 18.9. The molecule has 0 bridgehead atoms. The Morgan fingerprint density at radius 1 is 0.667 bits per heavy atom. The van der Waals surface area contributed by atoms with E-state index in [4.69, 9.17) is 23.2 Å². The molecule has 0 aliphatic heterocycles. The van der Waals surface area contributed by atoms with Crippen LogP contribution in [0, 0.1) is 0 Å². The standard InChI is InChI=1S/C21H16Cl2N2S2/c22-20-14-6-1-3-8-16(14)24-12-18(20)26-10-5-11-27-19-13-25-17-9-4-2-7-15(17)21(19)23/h1-4,6-9,12-13H,5,10-11H2. The van der Waals surface area contributed by atoms with Crippen molar-refractivity contribution in [3.63, 3.8) is 0 Å². The Kier molecular flexibility index (Phi) is 6.08. The molecule has 0 spiro atoms. The lowest BCUT2D eigenvalue weighted by Crippen LogP contribution is -1.89. The first-order valence-electron chi connectivity index (χ1n) is 8.56. The highest BCUT2D eigenvalue weighted by molar-refractivity contribution is 8.00. The molecule has 2 heterocycles. The number of benzene rings is 2. The number of halogens is 2. The van der Waals surface area contributed by atoms with Gasteiger partial charge in [0.15, 0.2) is 0 Å². The summed E-state index contributed by atoms with van der Waals surface area (Å²) in [6.45, 7) is 0. The fourth-order valence-corrected chi connectivity index (χ4v) is 5.48. The van der Waals surface area contributed by atoms with E-state index < -0.39 is 0 Å². The zero-order valence-corrected chi connectivity index (χ0v) is 17.5. The van der Waals surface area contributed by atoms with Crippen LogP contribution in [0.1, 0.15) is 6.42 Å². The van der Waals surface area contributed by atoms with Gasteiger partial charge in [0.1, 0.15) is 0 Å². The number of rotatable bonds is 6. The van der Waals surface area contributed by atoms with Crippen molar-refractivity contribution in [3.05, 3.63) is 71.0 Å². The van der Waals surface area contributed by atoms with E-state index in [0.717, 1.165) is 59.6 Å². The van der Waals surface area contributed by atoms with Crippen LogP contribution < -0.4 is 0 Å². The first-order valence-corrected chi connectivity index (χ1v) is 11.3. The van der Waals surface area contributed by atoms with E-state index in [2.05, 4.69) is 9.97 Å². The average Bonchev–Trinajstić information content (AvgIpc) is 2.71. The van der Waals surface area contributed by atoms with Crippen LogP contribution in [0.2, 0.25) is 10.0 Å². The number of hydrogen-bond donors (Lipinski definition) is 0. The number of thioether (sulfide) groups is 2. The van der Waals surface area contributed by atoms with Crippen molar-refractivity contribution in [2.24, 2.45) is 0 Å². The smallest absolute Gasteiger partial charge is 0.0717 e. The maximum Gasteiger partial charge on any atom is 0.0717 e. The Labute approximate surface area is 176 Å². The Morgan fingerprint density at radius 2 is 1.11 bits per heavy atom. The lowest BCUT2D eigenvalue weighted by atomic mass is 10.2. The summed E-state index contributed by atoms with van der Waals surface area (Å²) < 4.78 is 0. The van der Waals surface area contributed by atoms with E-state index >= 15 is 0 Å². The Morgan fingerprint density at radius 3 is 1.59 bits per heavy atom. The van der Waals surface area contributed by atoms with Gasteiger partial charge in [0, 0.05) is 33.0 Å². The van der Waals surface area contributed by atoms with Crippen molar-refractivity contribution >= 4 is 68.5 Å². The average molecular weight is 431 g/mol. The molecule has 2 aromatic carbocycles. The molecular weight excluding hydrogens is 415 g/mol. The minimum absolute atomic E-state index is 0.792. The molecule has 27 heavy (non-hydrogen) atoms. The van der Waals surface area contributed by atoms with Gasteiger partial charge in [0.2, 0.25) is 0 Å². The molecule has 6 heteroatoms. The number of fused-ring (bicyclic) bond motifs is 2. The lowest BCUT2D eigenvalue weighted by molar-refractivity contribution is 1.12. The molecule has 0 aliphatic carbocycles. The highest BCUT2D eigenvalue weighted by Gasteiger charge is 2.09. The minimum atomic E-state index is 0.792. The summed E-state index contributed by atoms with van der Waals surface area (Å²) in [5, 5.41) is 3.60. The van der Waals surface area contributed by atoms with E-state index in [-0.39, 0.29) is 0 Å². The molecule has 0 saturated heterocycles. The second kappa shape index (κ2) is 8.70. The second-order valence-corrected chi connectivity index (χ2v) is 8.99. The van der Waals surface area contributed by atoms with Gasteiger partial charge in [-0.05, 0) is 30.1 Å². The van der Waals surface area contributed by atoms with Crippen molar-refractivity contribution in [1.29, 1.82) is 0 Å². The van der Waals surface area contributed by atoms with Crippen molar-refractivity contribution in [2.45, 2.75) is 16.2 Å². The summed E-state index contributed by atoms with van der Waals surface area (Å²) in [6, 6.07) is 15.9. The van der Waals surface area contributed by atoms with Crippen molar-refractivity contribution < 1.29 is 0 Å². The molecule has 2 nitrogen and oxygen atoms in total. The highest BCUT2D eigenvalue weighted by Crippen LogP contribution is 2.35. The molecule has 0 radical (unpaired) electrons. The predicted octanol–water partition coefficient (Wildman–Crippen LogP) is 7.36. The third-order valence-corrected chi connectivity index (χ3v) is 7.42. The number of para-hydroxylation sites is 2. The largest absolute Gasteiger partial charge is 0.255 e. The predicted molar refractivity (Wildman–Crippen MR) is 120 cm³/mol. The Bertz CT molecular complexity index is 1010. The summed E-state index contributed by atoms with van der Waals surface area (Å²) >= 11 is 16.6. The topological polar surface area (TPSA) is 25.8 Å². The number of nitrogens with zero attached hydrogens (tertiary/aromatic N) is 2. The molecule has 4 rings (SSSR count). The molecule has 0 amide bonds. The van der Waals surface area contributed by atoms with E-state index in [1.54, 1.807) is 23.5 Å². The molecule has 4 aromatic rings. The van der Waals surface area contributed by atoms with Gasteiger partial charge in [0.25, 0.3) is 0 Å². The van der Waals surface area contributed by atoms with E-state index in [1.165, 1.54) is 0 Å². The SMILES string of the molecule is Clc1c(SCCCSc2cnc3ccccc3c2Cl)cnc2ccccc12. The Hall–Kier alpha value is -1.46. The quantitative estimate of drug-likeness (QED) is 0.235. The minimum Gasteiger partial charge on any atom is -0.255 e. The monoisotopic (exact) mass is 430 g/mol. The zero-order valence-electron chi connectivity index (χ0n) is 14.4. The van der Waals surface area contributed by atoms with Crippen LogP contribution in [0.15, 0.2) is 70.7 Å². The molecule has 0 aliphatic rings. The third-order valence-electron chi connectivity index (χ3n) is 4.16. The highest BCUT2D eigenvalue weighted by atomic mass is 35.5. The number of hydrogen-bond acceptors (Lipinski definition) is 4. The zero-order chi connectivity index (χ0) is 18.6. The van der Waals surface area contributed by atoms with Crippen LogP contribution in [0.4, 0.5) is 0 Å². The van der Waals surface area contributed by atoms with E-state index in [9.17, 15) is 0 Å². The number of aromatic nitrogens is 2. The van der Waals surface area contributed by atoms with Gasteiger partial charge in [-0.2, -0.15) is 0 Å². The molecular formula is C21H16Cl2N2S2. The molecule has 0 N–H and O–H groups in total. The summed E-state index contributed by atoms with van der Waals surface area (Å²) in [5.74, 6) is 1.96. The van der Waals surface area contributed by atoms with Crippen molar-refractivity contribution in [2.75, 3.05) is 11.5 Å². The van der Waals surface area contributed by atoms with Crippen molar-refractivity contribution in [3.8, 4) is 0 Å². The van der Waals surface area contributed by atoms with Gasteiger partial charge in [-0.15, -0.1) is 23.5 Å². The molecule has 0 unspecified atom stereocenters. The van der Waals surface area contributed by atoms with Crippen LogP contribution in [0.3, 0.4) is 0 Å². The lowest BCUT2D eigenvalue weighted by Gasteiger charge is -2.08. The maximum absolute atomic E-state index is 6.53. The Balaban J connectivity index is 1.35. The summed E-state index contributed by atoms with van der Waals surface area (Å²) in [7, 11) is 0. The van der Waals surface area contributed by atoms with Gasteiger partial charge >= 0.3 is 0 Å². The normalized spacial score (nSPS) is 11.3. The summed E-state index contributed by atoms with van der Waals surface area (Å²) in [6.07, 6.45) is 4.78. The van der Waals surface area contributed by atoms with E-state index in [1.807, 2.05) is 60.9 Å². The molecule has 0 saturated carbocycles. The van der Waals surface area contributed by atoms with Gasteiger partial charge in [0.05, 0.1) is 21.1 Å². The van der Waals surface area contributed by atoms with Crippen LogP contribution in [0.5, 0.6) is 0 Å². The van der Waals surface area contributed by atoms with Crippen LogP contribution in [-0.2, 0) is 0 Å². The van der Waals surface area contributed by atoms with Crippen molar-refractivity contribution in [1.82, 2.24) is 9.97 Å². The fraction of sp³-hybridized carbons (Fsp3) is 0.143. The second-order valence-electron chi connectivity index (χ2n) is 5.96. The summed E-state index contributed by atoms with van der Waals surface area (Å²) in [4.78, 5) is 11.1. The van der Waals surface area contributed by atoms with Crippen LogP contribution in [-0.4, -0.2) is 21.5 Å². The molecule has 2 aromatic heterocycles. The van der Waals surface area contributed by atoms with Crippen LogP contribution in [0.25, 0.3) is 21.8 Å². The maximum atomic E-state index is 6.53. The van der Waals surface area contributed by atoms with Crippen LogP contribution >= 0.6 is 46.7 Å². The summed E-state index contributed by atoms with van der Waals surface area (Å²) in [5.41, 5.74) is 1.86. The first-order chi connectivity index (χ1) is 13.2. The number of pyridine rings is 2. The van der Waals surface area contributed by atoms with E-state index in [0.29, 0.717) is 0 Å². The van der Waals surface area contributed by atoms with Gasteiger partial charge in [-0.1, -0.05) is 59.6 Å². The van der Waals surface area contributed by atoms with Gasteiger partial charge in [-0.25, -0.2) is 0 Å². The fourth-order valence-electron chi connectivity index (χ4n) is 2.80. The van der Waals surface area contributed by atoms with Gasteiger partial charge < -0.3 is 0 Å². The molecule has 0 fully saturated rings. The molecule has 136 valence electrons. The third kappa shape index (κ3) is 4.19.